The number of carbonyl (C=O) groups excluding carboxylic acids is 4. The molecule has 202 valence electrons. The summed E-state index contributed by atoms with van der Waals surface area (Å²) in [5.41, 5.74) is 6.00. The van der Waals surface area contributed by atoms with Crippen LogP contribution in [0, 0.1) is 5.41 Å². The summed E-state index contributed by atoms with van der Waals surface area (Å²) in [6.07, 6.45) is -0.816. The second kappa shape index (κ2) is 10.8. The number of esters is 2. The van der Waals surface area contributed by atoms with E-state index in [1.54, 1.807) is 12.1 Å². The molecule has 2 N–H and O–H groups in total. The highest BCUT2D eigenvalue weighted by Crippen LogP contribution is 2.49. The third-order valence-electron chi connectivity index (χ3n) is 7.01. The van der Waals surface area contributed by atoms with E-state index in [0.717, 1.165) is 11.8 Å². The summed E-state index contributed by atoms with van der Waals surface area (Å²) >= 11 is 2.42. The van der Waals surface area contributed by atoms with Gasteiger partial charge in [-0.1, -0.05) is 60.7 Å². The number of anilines is 1. The zero-order chi connectivity index (χ0) is 27.7. The Hall–Kier alpha value is -3.67. The van der Waals surface area contributed by atoms with Gasteiger partial charge in [-0.2, -0.15) is 0 Å². The molecule has 0 aliphatic carbocycles. The highest BCUT2D eigenvalue weighted by molar-refractivity contribution is 8.00. The molecule has 2 saturated heterocycles. The summed E-state index contributed by atoms with van der Waals surface area (Å²) in [4.78, 5) is 56.0. The van der Waals surface area contributed by atoms with Gasteiger partial charge in [0.1, 0.15) is 11.4 Å². The minimum absolute atomic E-state index is 0.289. The summed E-state index contributed by atoms with van der Waals surface area (Å²) < 4.78 is 11.1. The van der Waals surface area contributed by atoms with Crippen LogP contribution >= 0.6 is 23.1 Å². The number of ether oxygens (including phenoxy) is 2. The molecule has 2 fully saturated rings. The van der Waals surface area contributed by atoms with E-state index in [2.05, 4.69) is 0 Å². The number of fused-ring (bicyclic) bond motifs is 1. The summed E-state index contributed by atoms with van der Waals surface area (Å²) in [6, 6.07) is 21.1. The molecule has 2 aliphatic heterocycles. The van der Waals surface area contributed by atoms with Gasteiger partial charge >= 0.3 is 11.9 Å². The van der Waals surface area contributed by atoms with Crippen LogP contribution in [0.4, 0.5) is 5.00 Å². The molecular formula is C28H27N3O6S2. The zero-order valence-electron chi connectivity index (χ0n) is 21.3. The van der Waals surface area contributed by atoms with Crippen LogP contribution in [0.5, 0.6) is 0 Å². The SMILES string of the molecule is COC(=O)C1(C(=O)OC(c2ccccc2)c2ccccc2)CN2C(=O)C(N(C(C)=O)c3cccs3)[C@H]2SC1N. The number of benzene rings is 2. The highest BCUT2D eigenvalue weighted by atomic mass is 32.2. The first kappa shape index (κ1) is 26.9. The molecule has 3 aromatic rings. The Balaban J connectivity index is 1.46. The fraction of sp³-hybridized carbons (Fsp3) is 0.286. The number of methoxy groups -OCH3 is 1. The highest BCUT2D eigenvalue weighted by Gasteiger charge is 2.66. The number of carbonyl (C=O) groups is 4. The number of amides is 2. The number of thioether (sulfide) groups is 1. The van der Waals surface area contributed by atoms with Gasteiger partial charge in [0.2, 0.25) is 17.2 Å². The minimum Gasteiger partial charge on any atom is -0.468 e. The Bertz CT molecular complexity index is 1330. The van der Waals surface area contributed by atoms with Gasteiger partial charge in [-0.15, -0.1) is 23.1 Å². The number of nitrogens with two attached hydrogens (primary N) is 1. The number of rotatable bonds is 7. The fourth-order valence-corrected chi connectivity index (χ4v) is 7.32. The maximum absolute atomic E-state index is 14.0. The van der Waals surface area contributed by atoms with E-state index in [1.165, 1.54) is 35.2 Å². The van der Waals surface area contributed by atoms with Crippen molar-refractivity contribution in [1.82, 2.24) is 4.90 Å². The third-order valence-corrected chi connectivity index (χ3v) is 9.36. The van der Waals surface area contributed by atoms with E-state index in [0.29, 0.717) is 16.1 Å². The first-order chi connectivity index (χ1) is 18.8. The first-order valence-corrected chi connectivity index (χ1v) is 14.1. The lowest BCUT2D eigenvalue weighted by molar-refractivity contribution is -0.179. The molecule has 11 heteroatoms. The molecule has 9 nitrogen and oxygen atoms in total. The van der Waals surface area contributed by atoms with Crippen LogP contribution in [0.3, 0.4) is 0 Å². The second-order valence-electron chi connectivity index (χ2n) is 9.27. The van der Waals surface area contributed by atoms with E-state index in [-0.39, 0.29) is 18.4 Å². The fourth-order valence-electron chi connectivity index (χ4n) is 5.00. The summed E-state index contributed by atoms with van der Waals surface area (Å²) in [5, 5.41) is 0.814. The number of β-lactam (4-membered cyclic amide) rings is 1. The maximum Gasteiger partial charge on any atom is 0.328 e. The molecular weight excluding hydrogens is 538 g/mol. The molecule has 0 spiro atoms. The van der Waals surface area contributed by atoms with E-state index in [4.69, 9.17) is 15.2 Å². The van der Waals surface area contributed by atoms with Crippen molar-refractivity contribution in [2.45, 2.75) is 29.8 Å². The van der Waals surface area contributed by atoms with Crippen LogP contribution in [-0.2, 0) is 28.7 Å². The van der Waals surface area contributed by atoms with Crippen molar-refractivity contribution in [3.05, 3.63) is 89.3 Å². The molecule has 3 unspecified atom stereocenters. The van der Waals surface area contributed by atoms with Crippen molar-refractivity contribution in [2.24, 2.45) is 11.1 Å². The van der Waals surface area contributed by atoms with Gasteiger partial charge in [-0.05, 0) is 28.6 Å². The van der Waals surface area contributed by atoms with Crippen LogP contribution in [0.15, 0.2) is 78.2 Å². The molecule has 2 aromatic carbocycles. The predicted octanol–water partition coefficient (Wildman–Crippen LogP) is 3.16. The number of hydrogen-bond donors (Lipinski definition) is 1. The summed E-state index contributed by atoms with van der Waals surface area (Å²) in [5.74, 6) is -2.44. The second-order valence-corrected chi connectivity index (χ2v) is 11.5. The molecule has 5 rings (SSSR count). The summed E-state index contributed by atoms with van der Waals surface area (Å²) in [7, 11) is 1.17. The predicted molar refractivity (Wildman–Crippen MR) is 148 cm³/mol. The van der Waals surface area contributed by atoms with Gasteiger partial charge in [0.05, 0.1) is 24.0 Å². The van der Waals surface area contributed by atoms with Crippen LogP contribution in [-0.4, -0.2) is 59.1 Å². The van der Waals surface area contributed by atoms with E-state index < -0.39 is 40.2 Å². The largest absolute Gasteiger partial charge is 0.468 e. The lowest BCUT2D eigenvalue weighted by Crippen LogP contribution is -2.77. The van der Waals surface area contributed by atoms with E-state index >= 15 is 0 Å². The Labute approximate surface area is 233 Å². The Morgan fingerprint density at radius 2 is 1.62 bits per heavy atom. The Morgan fingerprint density at radius 3 is 2.13 bits per heavy atom. The van der Waals surface area contributed by atoms with Gasteiger partial charge in [0.15, 0.2) is 6.10 Å². The molecule has 2 amide bonds. The maximum atomic E-state index is 14.0. The topological polar surface area (TPSA) is 119 Å². The van der Waals surface area contributed by atoms with Gasteiger partial charge in [0, 0.05) is 6.92 Å². The van der Waals surface area contributed by atoms with E-state index in [1.807, 2.05) is 66.0 Å². The summed E-state index contributed by atoms with van der Waals surface area (Å²) in [6.45, 7) is 1.08. The van der Waals surface area contributed by atoms with Crippen molar-refractivity contribution in [3.8, 4) is 0 Å². The van der Waals surface area contributed by atoms with Crippen molar-refractivity contribution < 1.29 is 28.7 Å². The van der Waals surface area contributed by atoms with Crippen LogP contribution in [0.25, 0.3) is 0 Å². The zero-order valence-corrected chi connectivity index (χ0v) is 22.9. The van der Waals surface area contributed by atoms with Gasteiger partial charge in [-0.25, -0.2) is 0 Å². The molecule has 1 aromatic heterocycles. The number of thiophene rings is 1. The Kier molecular flexibility index (Phi) is 7.48. The molecule has 4 atom stereocenters. The quantitative estimate of drug-likeness (QED) is 0.264. The first-order valence-electron chi connectivity index (χ1n) is 12.2. The third kappa shape index (κ3) is 4.60. The smallest absolute Gasteiger partial charge is 0.328 e. The lowest BCUT2D eigenvalue weighted by Gasteiger charge is -2.57. The van der Waals surface area contributed by atoms with Crippen LogP contribution < -0.4 is 10.6 Å². The number of nitrogens with zero attached hydrogens (tertiary/aromatic N) is 2. The minimum atomic E-state index is -1.97. The van der Waals surface area contributed by atoms with Crippen LogP contribution in [0.1, 0.15) is 24.2 Å². The van der Waals surface area contributed by atoms with Gasteiger partial charge < -0.3 is 20.1 Å². The van der Waals surface area contributed by atoms with Crippen molar-refractivity contribution in [3.63, 3.8) is 0 Å². The van der Waals surface area contributed by atoms with Crippen LogP contribution in [0.2, 0.25) is 0 Å². The van der Waals surface area contributed by atoms with Gasteiger partial charge in [0.25, 0.3) is 0 Å². The lowest BCUT2D eigenvalue weighted by atomic mass is 9.84. The number of hydrogen-bond acceptors (Lipinski definition) is 9. The normalized spacial score (nSPS) is 23.9. The monoisotopic (exact) mass is 565 g/mol. The van der Waals surface area contributed by atoms with Crippen molar-refractivity contribution in [1.29, 1.82) is 0 Å². The molecule has 2 aliphatic rings. The molecule has 39 heavy (non-hydrogen) atoms. The van der Waals surface area contributed by atoms with Crippen molar-refractivity contribution >= 4 is 51.9 Å². The standard InChI is InChI=1S/C28H27N3O6S2/c1-17(32)31(20-14-9-15-38-20)21-23(33)30-16-28(26(34)36-2,25(29)39-24(21)30)27(35)37-22(18-10-5-3-6-11-18)19-12-7-4-8-13-19/h3-15,21-22,24-25H,16,29H2,1-2H3/t21?,24-,25?,28?/m1/s1. The van der Waals surface area contributed by atoms with E-state index in [9.17, 15) is 19.2 Å². The average molecular weight is 566 g/mol. The average Bonchev–Trinajstić information content (AvgIpc) is 3.49. The molecule has 3 heterocycles. The Morgan fingerprint density at radius 1 is 1.00 bits per heavy atom. The van der Waals surface area contributed by atoms with Gasteiger partial charge in [-0.3, -0.25) is 24.1 Å². The molecule has 0 bridgehead atoms. The molecule has 0 radical (unpaired) electrons. The van der Waals surface area contributed by atoms with Crippen molar-refractivity contribution in [2.75, 3.05) is 18.6 Å². The molecule has 0 saturated carbocycles.